The average molecular weight is 306 g/mol. The van der Waals surface area contributed by atoms with Gasteiger partial charge in [0.1, 0.15) is 5.75 Å². The van der Waals surface area contributed by atoms with Crippen molar-refractivity contribution in [2.75, 3.05) is 18.1 Å². The first-order valence-electron chi connectivity index (χ1n) is 6.65. The Morgan fingerprint density at radius 1 is 1.20 bits per heavy atom. The van der Waals surface area contributed by atoms with Crippen LogP contribution in [0.2, 0.25) is 5.02 Å². The lowest BCUT2D eigenvalue weighted by Gasteiger charge is -2.06. The number of halogens is 1. The van der Waals surface area contributed by atoms with E-state index in [-0.39, 0.29) is 0 Å². The van der Waals surface area contributed by atoms with Crippen LogP contribution in [0.5, 0.6) is 5.75 Å². The fourth-order valence-electron chi connectivity index (χ4n) is 2.28. The lowest BCUT2D eigenvalue weighted by atomic mass is 10.1. The molecular formula is C16H16ClNOS. The quantitative estimate of drug-likeness (QED) is 0.679. The summed E-state index contributed by atoms with van der Waals surface area (Å²) in [5.41, 5.74) is 9.04. The molecular weight excluding hydrogens is 290 g/mol. The number of thioether (sulfide) groups is 1. The first-order chi connectivity index (χ1) is 9.72. The Balaban J connectivity index is 1.58. The van der Waals surface area contributed by atoms with Gasteiger partial charge in [0.2, 0.25) is 0 Å². The second kappa shape index (κ2) is 5.98. The average Bonchev–Trinajstić information content (AvgIpc) is 2.90. The van der Waals surface area contributed by atoms with E-state index in [9.17, 15) is 0 Å². The minimum atomic E-state index is 0.629. The Labute approximate surface area is 128 Å². The molecule has 20 heavy (non-hydrogen) atoms. The van der Waals surface area contributed by atoms with Crippen LogP contribution in [-0.2, 0) is 12.8 Å². The van der Waals surface area contributed by atoms with E-state index in [1.807, 2.05) is 18.2 Å². The summed E-state index contributed by atoms with van der Waals surface area (Å²) in [5, 5.41) is 0.629. The maximum atomic E-state index is 6.02. The van der Waals surface area contributed by atoms with E-state index < -0.39 is 0 Å². The van der Waals surface area contributed by atoms with Crippen molar-refractivity contribution in [3.8, 4) is 5.75 Å². The second-order valence-electron chi connectivity index (χ2n) is 4.82. The van der Waals surface area contributed by atoms with E-state index in [0.717, 1.165) is 35.8 Å². The zero-order chi connectivity index (χ0) is 13.9. The lowest BCUT2D eigenvalue weighted by molar-refractivity contribution is 0.357. The number of ether oxygens (including phenoxy) is 1. The van der Waals surface area contributed by atoms with Gasteiger partial charge in [-0.15, -0.1) is 11.8 Å². The topological polar surface area (TPSA) is 35.2 Å². The molecule has 0 amide bonds. The molecule has 0 unspecified atom stereocenters. The number of fused-ring (bicyclic) bond motifs is 1. The maximum absolute atomic E-state index is 6.02. The largest absolute Gasteiger partial charge is 0.493 e. The SMILES string of the molecule is Nc1ccc(SCCc2ccc3c(c2)CCO3)cc1Cl. The molecule has 0 bridgehead atoms. The van der Waals surface area contributed by atoms with E-state index >= 15 is 0 Å². The third-order valence-electron chi connectivity index (χ3n) is 3.39. The molecule has 2 nitrogen and oxygen atoms in total. The van der Waals surface area contributed by atoms with Crippen molar-refractivity contribution < 1.29 is 4.74 Å². The normalized spacial score (nSPS) is 13.1. The minimum Gasteiger partial charge on any atom is -0.493 e. The molecule has 3 rings (SSSR count). The number of rotatable bonds is 4. The number of benzene rings is 2. The summed E-state index contributed by atoms with van der Waals surface area (Å²) in [6.07, 6.45) is 2.07. The highest BCUT2D eigenvalue weighted by atomic mass is 35.5. The third-order valence-corrected chi connectivity index (χ3v) is 4.71. The maximum Gasteiger partial charge on any atom is 0.122 e. The van der Waals surface area contributed by atoms with Crippen LogP contribution in [0.25, 0.3) is 0 Å². The van der Waals surface area contributed by atoms with Crippen LogP contribution in [0.15, 0.2) is 41.3 Å². The van der Waals surface area contributed by atoms with Gasteiger partial charge < -0.3 is 10.5 Å². The summed E-state index contributed by atoms with van der Waals surface area (Å²) >= 11 is 7.82. The van der Waals surface area contributed by atoms with Crippen molar-refractivity contribution in [2.24, 2.45) is 0 Å². The number of hydrogen-bond donors (Lipinski definition) is 1. The minimum absolute atomic E-state index is 0.629. The van der Waals surface area contributed by atoms with Crippen LogP contribution in [0, 0.1) is 0 Å². The van der Waals surface area contributed by atoms with Crippen molar-refractivity contribution >= 4 is 29.1 Å². The number of aryl methyl sites for hydroxylation is 1. The van der Waals surface area contributed by atoms with Gasteiger partial charge in [-0.2, -0.15) is 0 Å². The highest BCUT2D eigenvalue weighted by molar-refractivity contribution is 7.99. The Hall–Kier alpha value is -1.32. The van der Waals surface area contributed by atoms with Gasteiger partial charge in [-0.3, -0.25) is 0 Å². The molecule has 0 saturated carbocycles. The van der Waals surface area contributed by atoms with Crippen molar-refractivity contribution in [3.05, 3.63) is 52.5 Å². The Bertz CT molecular complexity index is 630. The van der Waals surface area contributed by atoms with E-state index in [1.54, 1.807) is 11.8 Å². The second-order valence-corrected chi connectivity index (χ2v) is 6.40. The fraction of sp³-hybridized carbons (Fsp3) is 0.250. The Morgan fingerprint density at radius 3 is 2.95 bits per heavy atom. The van der Waals surface area contributed by atoms with E-state index in [1.165, 1.54) is 11.1 Å². The van der Waals surface area contributed by atoms with Gasteiger partial charge in [0.05, 0.1) is 17.3 Å². The molecule has 2 aromatic rings. The number of nitrogen functional groups attached to an aromatic ring is 1. The molecule has 0 radical (unpaired) electrons. The van der Waals surface area contributed by atoms with Crippen LogP contribution < -0.4 is 10.5 Å². The van der Waals surface area contributed by atoms with Gasteiger partial charge in [0.25, 0.3) is 0 Å². The molecule has 0 spiro atoms. The summed E-state index contributed by atoms with van der Waals surface area (Å²) in [6.45, 7) is 0.817. The van der Waals surface area contributed by atoms with Gasteiger partial charge in [-0.25, -0.2) is 0 Å². The predicted molar refractivity (Wildman–Crippen MR) is 85.9 cm³/mol. The van der Waals surface area contributed by atoms with Crippen molar-refractivity contribution in [1.29, 1.82) is 0 Å². The van der Waals surface area contributed by atoms with E-state index in [4.69, 9.17) is 22.1 Å². The number of anilines is 1. The molecule has 104 valence electrons. The molecule has 2 N–H and O–H groups in total. The van der Waals surface area contributed by atoms with Crippen LogP contribution in [0.4, 0.5) is 5.69 Å². The van der Waals surface area contributed by atoms with Crippen LogP contribution >= 0.6 is 23.4 Å². The van der Waals surface area contributed by atoms with Crippen LogP contribution in [0.3, 0.4) is 0 Å². The Morgan fingerprint density at radius 2 is 2.10 bits per heavy atom. The molecule has 0 aromatic heterocycles. The molecule has 4 heteroatoms. The zero-order valence-electron chi connectivity index (χ0n) is 11.1. The summed E-state index contributed by atoms with van der Waals surface area (Å²) in [7, 11) is 0. The van der Waals surface area contributed by atoms with Crippen molar-refractivity contribution in [3.63, 3.8) is 0 Å². The molecule has 0 fully saturated rings. The number of hydrogen-bond acceptors (Lipinski definition) is 3. The Kier molecular flexibility index (Phi) is 4.08. The summed E-state index contributed by atoms with van der Waals surface area (Å²) in [4.78, 5) is 1.16. The van der Waals surface area contributed by atoms with Gasteiger partial charge >= 0.3 is 0 Å². The molecule has 1 aliphatic rings. The predicted octanol–water partition coefficient (Wildman–Crippen LogP) is 4.19. The zero-order valence-corrected chi connectivity index (χ0v) is 12.6. The molecule has 1 heterocycles. The first kappa shape index (κ1) is 13.7. The van der Waals surface area contributed by atoms with Crippen LogP contribution in [0.1, 0.15) is 11.1 Å². The summed E-state index contributed by atoms with van der Waals surface area (Å²) < 4.78 is 5.52. The monoisotopic (exact) mass is 305 g/mol. The smallest absolute Gasteiger partial charge is 0.122 e. The van der Waals surface area contributed by atoms with Gasteiger partial charge in [-0.05, 0) is 41.8 Å². The van der Waals surface area contributed by atoms with Gasteiger partial charge in [-0.1, -0.05) is 23.7 Å². The van der Waals surface area contributed by atoms with E-state index in [2.05, 4.69) is 18.2 Å². The van der Waals surface area contributed by atoms with Crippen LogP contribution in [-0.4, -0.2) is 12.4 Å². The third kappa shape index (κ3) is 3.05. The summed E-state index contributed by atoms with van der Waals surface area (Å²) in [5.74, 6) is 2.08. The molecule has 1 aliphatic heterocycles. The molecule has 2 aromatic carbocycles. The standard InChI is InChI=1S/C16H16ClNOS/c17-14-10-13(2-3-15(14)18)20-8-6-11-1-4-16-12(9-11)5-7-19-16/h1-4,9-10H,5-8,18H2. The lowest BCUT2D eigenvalue weighted by Crippen LogP contribution is -1.91. The van der Waals surface area contributed by atoms with Gasteiger partial charge in [0.15, 0.2) is 0 Å². The van der Waals surface area contributed by atoms with E-state index in [0.29, 0.717) is 10.7 Å². The van der Waals surface area contributed by atoms with Gasteiger partial charge in [0, 0.05) is 17.1 Å². The molecule has 0 saturated heterocycles. The first-order valence-corrected chi connectivity index (χ1v) is 8.01. The number of nitrogens with two attached hydrogens (primary N) is 1. The van der Waals surface area contributed by atoms with Crippen molar-refractivity contribution in [1.82, 2.24) is 0 Å². The summed E-state index contributed by atoms with van der Waals surface area (Å²) in [6, 6.07) is 12.3. The molecule has 0 atom stereocenters. The fourth-order valence-corrected chi connectivity index (χ4v) is 3.46. The van der Waals surface area contributed by atoms with Crippen molar-refractivity contribution in [2.45, 2.75) is 17.7 Å². The highest BCUT2D eigenvalue weighted by Gasteiger charge is 2.11. The highest BCUT2D eigenvalue weighted by Crippen LogP contribution is 2.29. The molecule has 0 aliphatic carbocycles.